The van der Waals surface area contributed by atoms with Gasteiger partial charge in [0, 0.05) is 5.92 Å². The van der Waals surface area contributed by atoms with Crippen LogP contribution in [0.1, 0.15) is 40.0 Å². The first-order valence-corrected chi connectivity index (χ1v) is 5.38. The summed E-state index contributed by atoms with van der Waals surface area (Å²) in [7, 11) is 0. The molecule has 0 amide bonds. The van der Waals surface area contributed by atoms with E-state index in [-0.39, 0.29) is 5.97 Å². The summed E-state index contributed by atoms with van der Waals surface area (Å²) in [5.41, 5.74) is 1.37. The molecule has 1 aliphatic heterocycles. The van der Waals surface area contributed by atoms with Crippen LogP contribution in [0.5, 0.6) is 0 Å². The molecule has 0 unspecified atom stereocenters. The van der Waals surface area contributed by atoms with Crippen LogP contribution < -0.4 is 0 Å². The molecule has 0 aliphatic carbocycles. The quantitative estimate of drug-likeness (QED) is 0.510. The summed E-state index contributed by atoms with van der Waals surface area (Å²) in [4.78, 5) is 10.9. The maximum absolute atomic E-state index is 10.9. The highest BCUT2D eigenvalue weighted by Crippen LogP contribution is 2.26. The van der Waals surface area contributed by atoms with Gasteiger partial charge < -0.3 is 4.74 Å². The number of hydrogen-bond donors (Lipinski definition) is 0. The van der Waals surface area contributed by atoms with Crippen LogP contribution >= 0.6 is 0 Å². The summed E-state index contributed by atoms with van der Waals surface area (Å²) in [6.45, 7) is 7.08. The SMILES string of the molecule is CC(C)=CCC[C@H](C)[C@@H]1COC(=O)C1. The molecule has 0 saturated carbocycles. The summed E-state index contributed by atoms with van der Waals surface area (Å²) in [5, 5.41) is 0. The Morgan fingerprint density at radius 3 is 2.86 bits per heavy atom. The predicted octanol–water partition coefficient (Wildman–Crippen LogP) is 2.93. The molecular weight excluding hydrogens is 176 g/mol. The number of carbonyl (C=O) groups excluding carboxylic acids is 1. The maximum atomic E-state index is 10.9. The van der Waals surface area contributed by atoms with Crippen molar-refractivity contribution in [1.82, 2.24) is 0 Å². The first kappa shape index (κ1) is 11.3. The number of carbonyl (C=O) groups is 1. The second kappa shape index (κ2) is 5.18. The lowest BCUT2D eigenvalue weighted by Gasteiger charge is -2.14. The van der Waals surface area contributed by atoms with Crippen molar-refractivity contribution in [1.29, 1.82) is 0 Å². The van der Waals surface area contributed by atoms with Crippen molar-refractivity contribution >= 4 is 5.97 Å². The van der Waals surface area contributed by atoms with Gasteiger partial charge >= 0.3 is 5.97 Å². The first-order chi connectivity index (χ1) is 6.59. The van der Waals surface area contributed by atoms with E-state index in [1.807, 2.05) is 0 Å². The summed E-state index contributed by atoms with van der Waals surface area (Å²) in [6, 6.07) is 0. The van der Waals surface area contributed by atoms with Crippen molar-refractivity contribution in [3.63, 3.8) is 0 Å². The average molecular weight is 196 g/mol. The monoisotopic (exact) mass is 196 g/mol. The molecule has 14 heavy (non-hydrogen) atoms. The molecule has 0 radical (unpaired) electrons. The van der Waals surface area contributed by atoms with Crippen LogP contribution in [0.15, 0.2) is 11.6 Å². The minimum Gasteiger partial charge on any atom is -0.465 e. The Bertz CT molecular complexity index is 226. The Hall–Kier alpha value is -0.790. The molecule has 0 aromatic rings. The molecule has 0 spiro atoms. The lowest BCUT2D eigenvalue weighted by molar-refractivity contribution is -0.137. The minimum atomic E-state index is -0.0240. The van der Waals surface area contributed by atoms with Crippen LogP contribution in [0.3, 0.4) is 0 Å². The first-order valence-electron chi connectivity index (χ1n) is 5.38. The van der Waals surface area contributed by atoms with Crippen molar-refractivity contribution in [3.05, 3.63) is 11.6 Å². The normalized spacial score (nSPS) is 23.1. The number of ether oxygens (including phenoxy) is 1. The van der Waals surface area contributed by atoms with Crippen LogP contribution in [0, 0.1) is 11.8 Å². The molecule has 0 aromatic carbocycles. The lowest BCUT2D eigenvalue weighted by atomic mass is 9.89. The fourth-order valence-corrected chi connectivity index (χ4v) is 1.77. The zero-order valence-corrected chi connectivity index (χ0v) is 9.38. The van der Waals surface area contributed by atoms with Crippen LogP contribution in [0.4, 0.5) is 0 Å². The summed E-state index contributed by atoms with van der Waals surface area (Å²) < 4.78 is 4.96. The van der Waals surface area contributed by atoms with Crippen LogP contribution in [-0.4, -0.2) is 12.6 Å². The van der Waals surface area contributed by atoms with E-state index in [4.69, 9.17) is 4.74 Å². The molecule has 2 nitrogen and oxygen atoms in total. The van der Waals surface area contributed by atoms with Crippen molar-refractivity contribution in [2.75, 3.05) is 6.61 Å². The number of allylic oxidation sites excluding steroid dienone is 2. The number of rotatable bonds is 4. The van der Waals surface area contributed by atoms with Crippen molar-refractivity contribution < 1.29 is 9.53 Å². The molecule has 1 aliphatic rings. The Morgan fingerprint density at radius 1 is 1.64 bits per heavy atom. The van der Waals surface area contributed by atoms with E-state index in [1.165, 1.54) is 5.57 Å². The van der Waals surface area contributed by atoms with Gasteiger partial charge in [-0.2, -0.15) is 0 Å². The fourth-order valence-electron chi connectivity index (χ4n) is 1.77. The van der Waals surface area contributed by atoms with Crippen molar-refractivity contribution in [2.24, 2.45) is 11.8 Å². The zero-order valence-electron chi connectivity index (χ0n) is 9.38. The van der Waals surface area contributed by atoms with E-state index in [0.29, 0.717) is 24.9 Å². The second-order valence-electron chi connectivity index (χ2n) is 4.48. The molecule has 0 aromatic heterocycles. The highest BCUT2D eigenvalue weighted by Gasteiger charge is 2.27. The Kier molecular flexibility index (Phi) is 4.18. The van der Waals surface area contributed by atoms with Gasteiger partial charge in [-0.3, -0.25) is 4.79 Å². The van der Waals surface area contributed by atoms with E-state index < -0.39 is 0 Å². The van der Waals surface area contributed by atoms with Gasteiger partial charge in [-0.25, -0.2) is 0 Å². The van der Waals surface area contributed by atoms with E-state index in [2.05, 4.69) is 26.8 Å². The molecule has 1 fully saturated rings. The maximum Gasteiger partial charge on any atom is 0.306 e. The molecule has 0 N–H and O–H groups in total. The topological polar surface area (TPSA) is 26.3 Å². The third kappa shape index (κ3) is 3.52. The molecule has 1 saturated heterocycles. The van der Waals surface area contributed by atoms with Gasteiger partial charge in [0.25, 0.3) is 0 Å². The van der Waals surface area contributed by atoms with Crippen LogP contribution in [0.2, 0.25) is 0 Å². The van der Waals surface area contributed by atoms with Gasteiger partial charge in [0.05, 0.1) is 13.0 Å². The van der Waals surface area contributed by atoms with Gasteiger partial charge in [-0.15, -0.1) is 0 Å². The standard InChI is InChI=1S/C12H20O2/c1-9(2)5-4-6-10(3)11-7-12(13)14-8-11/h5,10-11H,4,6-8H2,1-3H3/t10-,11-/m0/s1. The van der Waals surface area contributed by atoms with E-state index in [0.717, 1.165) is 12.8 Å². The Labute approximate surface area is 86.3 Å². The fraction of sp³-hybridized carbons (Fsp3) is 0.750. The van der Waals surface area contributed by atoms with Gasteiger partial charge in [-0.1, -0.05) is 18.6 Å². The summed E-state index contributed by atoms with van der Waals surface area (Å²) >= 11 is 0. The third-order valence-electron chi connectivity index (χ3n) is 2.87. The second-order valence-corrected chi connectivity index (χ2v) is 4.48. The Morgan fingerprint density at radius 2 is 2.36 bits per heavy atom. The summed E-state index contributed by atoms with van der Waals surface area (Å²) in [5.74, 6) is 1.02. The highest BCUT2D eigenvalue weighted by molar-refractivity contribution is 5.71. The van der Waals surface area contributed by atoms with Crippen LogP contribution in [-0.2, 0) is 9.53 Å². The largest absolute Gasteiger partial charge is 0.465 e. The third-order valence-corrected chi connectivity index (χ3v) is 2.87. The van der Waals surface area contributed by atoms with Crippen molar-refractivity contribution in [2.45, 2.75) is 40.0 Å². The molecule has 80 valence electrons. The van der Waals surface area contributed by atoms with Gasteiger partial charge in [0.1, 0.15) is 0 Å². The average Bonchev–Trinajstić information content (AvgIpc) is 2.51. The van der Waals surface area contributed by atoms with E-state index >= 15 is 0 Å². The minimum absolute atomic E-state index is 0.0240. The highest BCUT2D eigenvalue weighted by atomic mass is 16.5. The molecular formula is C12H20O2. The van der Waals surface area contributed by atoms with E-state index in [1.54, 1.807) is 0 Å². The molecule has 0 bridgehead atoms. The lowest BCUT2D eigenvalue weighted by Crippen LogP contribution is -2.11. The van der Waals surface area contributed by atoms with Gasteiger partial charge in [0.2, 0.25) is 0 Å². The molecule has 2 atom stereocenters. The van der Waals surface area contributed by atoms with E-state index in [9.17, 15) is 4.79 Å². The smallest absolute Gasteiger partial charge is 0.306 e. The van der Waals surface area contributed by atoms with Crippen molar-refractivity contribution in [3.8, 4) is 0 Å². The number of hydrogen-bond acceptors (Lipinski definition) is 2. The molecule has 2 heteroatoms. The molecule has 1 heterocycles. The predicted molar refractivity (Wildman–Crippen MR) is 56.9 cm³/mol. The van der Waals surface area contributed by atoms with Crippen LogP contribution in [0.25, 0.3) is 0 Å². The number of esters is 1. The molecule has 1 rings (SSSR count). The number of cyclic esters (lactones) is 1. The zero-order chi connectivity index (χ0) is 10.6. The summed E-state index contributed by atoms with van der Waals surface area (Å²) in [6.07, 6.45) is 5.16. The Balaban J connectivity index is 2.25. The van der Waals surface area contributed by atoms with Gasteiger partial charge in [0.15, 0.2) is 0 Å². The van der Waals surface area contributed by atoms with Gasteiger partial charge in [-0.05, 0) is 32.6 Å².